The number of fused-ring (bicyclic) bond motifs is 1. The highest BCUT2D eigenvalue weighted by Crippen LogP contribution is 2.33. The van der Waals surface area contributed by atoms with Crippen LogP contribution in [0.2, 0.25) is 10.0 Å². The van der Waals surface area contributed by atoms with Crippen LogP contribution in [0.25, 0.3) is 22.2 Å². The fourth-order valence-electron chi connectivity index (χ4n) is 2.29. The Morgan fingerprint density at radius 3 is 2.82 bits per heavy atom. The van der Waals surface area contributed by atoms with Gasteiger partial charge in [-0.15, -0.1) is 0 Å². The lowest BCUT2D eigenvalue weighted by molar-refractivity contribution is -0.136. The van der Waals surface area contributed by atoms with E-state index in [1.165, 1.54) is 0 Å². The summed E-state index contributed by atoms with van der Waals surface area (Å²) in [5, 5.41) is 17.1. The number of halogens is 2. The Hall–Kier alpha value is -2.11. The van der Waals surface area contributed by atoms with Crippen molar-refractivity contribution in [2.75, 3.05) is 0 Å². The van der Waals surface area contributed by atoms with Gasteiger partial charge in [-0.25, -0.2) is 4.98 Å². The highest BCUT2D eigenvalue weighted by molar-refractivity contribution is 6.45. The molecule has 3 rings (SSSR count). The van der Waals surface area contributed by atoms with Gasteiger partial charge in [-0.1, -0.05) is 29.3 Å². The lowest BCUT2D eigenvalue weighted by atomic mass is 10.0. The fourth-order valence-corrected chi connectivity index (χ4v) is 2.65. The molecule has 22 heavy (non-hydrogen) atoms. The Kier molecular flexibility index (Phi) is 4.00. The highest BCUT2D eigenvalue weighted by atomic mass is 35.5. The number of pyridine rings is 1. The molecule has 0 atom stereocenters. The summed E-state index contributed by atoms with van der Waals surface area (Å²) >= 11 is 12.3. The van der Waals surface area contributed by atoms with Crippen LogP contribution in [0.1, 0.15) is 12.0 Å². The van der Waals surface area contributed by atoms with E-state index < -0.39 is 5.97 Å². The van der Waals surface area contributed by atoms with Crippen LogP contribution in [-0.2, 0) is 11.2 Å². The zero-order valence-electron chi connectivity index (χ0n) is 11.3. The third kappa shape index (κ3) is 2.77. The monoisotopic (exact) mass is 335 g/mol. The Labute approximate surface area is 135 Å². The summed E-state index contributed by atoms with van der Waals surface area (Å²) < 4.78 is 0. The van der Waals surface area contributed by atoms with Crippen LogP contribution in [-0.4, -0.2) is 26.3 Å². The molecule has 1 aromatic carbocycles. The van der Waals surface area contributed by atoms with Gasteiger partial charge in [-0.05, 0) is 24.1 Å². The van der Waals surface area contributed by atoms with Crippen molar-refractivity contribution < 1.29 is 9.90 Å². The number of aliphatic carboxylic acids is 1. The van der Waals surface area contributed by atoms with Crippen molar-refractivity contribution in [3.63, 3.8) is 0 Å². The van der Waals surface area contributed by atoms with E-state index in [0.29, 0.717) is 27.7 Å². The number of benzene rings is 1. The first-order valence-corrected chi connectivity index (χ1v) is 7.30. The molecule has 0 bridgehead atoms. The lowest BCUT2D eigenvalue weighted by Gasteiger charge is -2.10. The van der Waals surface area contributed by atoms with Crippen LogP contribution >= 0.6 is 23.2 Å². The van der Waals surface area contributed by atoms with Crippen LogP contribution < -0.4 is 0 Å². The zero-order chi connectivity index (χ0) is 15.7. The van der Waals surface area contributed by atoms with Gasteiger partial charge in [0.25, 0.3) is 0 Å². The van der Waals surface area contributed by atoms with Gasteiger partial charge in [0.1, 0.15) is 0 Å². The van der Waals surface area contributed by atoms with E-state index in [9.17, 15) is 4.79 Å². The maximum Gasteiger partial charge on any atom is 0.303 e. The topological polar surface area (TPSA) is 78.9 Å². The molecule has 3 aromatic rings. The molecule has 0 fully saturated rings. The Morgan fingerprint density at radius 2 is 2.14 bits per heavy atom. The number of aromatic nitrogens is 3. The molecule has 0 aliphatic rings. The second-order valence-corrected chi connectivity index (χ2v) is 5.59. The quantitative estimate of drug-likeness (QED) is 0.756. The number of carbonyl (C=O) groups is 1. The molecule has 0 aliphatic heterocycles. The second kappa shape index (κ2) is 5.94. The summed E-state index contributed by atoms with van der Waals surface area (Å²) in [7, 11) is 0. The van der Waals surface area contributed by atoms with Gasteiger partial charge in [-0.3, -0.25) is 9.89 Å². The Morgan fingerprint density at radius 1 is 1.32 bits per heavy atom. The number of H-pyrrole nitrogens is 1. The second-order valence-electron chi connectivity index (χ2n) is 4.80. The predicted octanol–water partition coefficient (Wildman–Crippen LogP) is 3.95. The van der Waals surface area contributed by atoms with E-state index in [1.807, 2.05) is 12.1 Å². The van der Waals surface area contributed by atoms with Crippen LogP contribution in [0.4, 0.5) is 0 Å². The zero-order valence-corrected chi connectivity index (χ0v) is 12.8. The van der Waals surface area contributed by atoms with Crippen molar-refractivity contribution in [2.24, 2.45) is 0 Å². The van der Waals surface area contributed by atoms with E-state index >= 15 is 0 Å². The molecule has 112 valence electrons. The maximum absolute atomic E-state index is 10.9. The third-order valence-corrected chi connectivity index (χ3v) is 4.15. The van der Waals surface area contributed by atoms with Crippen molar-refractivity contribution in [3.05, 3.63) is 46.2 Å². The van der Waals surface area contributed by atoms with Gasteiger partial charge in [0, 0.05) is 23.6 Å². The number of nitrogens with one attached hydrogen (secondary N) is 1. The molecular weight excluding hydrogens is 325 g/mol. The minimum Gasteiger partial charge on any atom is -0.481 e. The number of carboxylic acids is 1. The van der Waals surface area contributed by atoms with E-state index in [2.05, 4.69) is 15.2 Å². The smallest absolute Gasteiger partial charge is 0.303 e. The van der Waals surface area contributed by atoms with Crippen molar-refractivity contribution in [3.8, 4) is 11.3 Å². The average molecular weight is 336 g/mol. The van der Waals surface area contributed by atoms with E-state index in [-0.39, 0.29) is 6.42 Å². The van der Waals surface area contributed by atoms with Gasteiger partial charge in [0.2, 0.25) is 0 Å². The SMILES string of the molecule is O=C(O)CCc1cc(-c2cn[nH]c2)nc2c(Cl)c(Cl)ccc12. The summed E-state index contributed by atoms with van der Waals surface area (Å²) in [6.45, 7) is 0. The highest BCUT2D eigenvalue weighted by Gasteiger charge is 2.13. The molecule has 0 saturated carbocycles. The third-order valence-electron chi connectivity index (χ3n) is 3.36. The normalized spacial score (nSPS) is 11.0. The van der Waals surface area contributed by atoms with Gasteiger partial charge >= 0.3 is 5.97 Å². The van der Waals surface area contributed by atoms with Gasteiger partial charge in [-0.2, -0.15) is 5.10 Å². The van der Waals surface area contributed by atoms with Crippen molar-refractivity contribution in [1.29, 1.82) is 0 Å². The minimum atomic E-state index is -0.852. The number of nitrogens with zero attached hydrogens (tertiary/aromatic N) is 2. The molecule has 2 N–H and O–H groups in total. The fraction of sp³-hybridized carbons (Fsp3) is 0.133. The van der Waals surface area contributed by atoms with Gasteiger partial charge in [0.15, 0.2) is 0 Å². The molecule has 0 saturated heterocycles. The summed E-state index contributed by atoms with van der Waals surface area (Å²) in [4.78, 5) is 15.4. The molecule has 2 heterocycles. The Bertz CT molecular complexity index is 848. The van der Waals surface area contributed by atoms with Crippen molar-refractivity contribution in [1.82, 2.24) is 15.2 Å². The number of aromatic amines is 1. The summed E-state index contributed by atoms with van der Waals surface area (Å²) in [5.74, 6) is -0.852. The summed E-state index contributed by atoms with van der Waals surface area (Å²) in [6.07, 6.45) is 3.78. The summed E-state index contributed by atoms with van der Waals surface area (Å²) in [5.41, 5.74) is 2.90. The van der Waals surface area contributed by atoms with Crippen LogP contribution in [0.3, 0.4) is 0 Å². The van der Waals surface area contributed by atoms with Crippen LogP contribution in [0, 0.1) is 0 Å². The van der Waals surface area contributed by atoms with E-state index in [0.717, 1.165) is 16.5 Å². The molecule has 0 radical (unpaired) electrons. The molecule has 0 amide bonds. The van der Waals surface area contributed by atoms with Gasteiger partial charge < -0.3 is 5.11 Å². The number of hydrogen-bond acceptors (Lipinski definition) is 3. The first-order chi connectivity index (χ1) is 10.6. The number of carboxylic acid groups (broad SMARTS) is 1. The van der Waals surface area contributed by atoms with Gasteiger partial charge in [0.05, 0.1) is 27.5 Å². The predicted molar refractivity (Wildman–Crippen MR) is 85.3 cm³/mol. The Balaban J connectivity index is 2.22. The molecule has 0 aliphatic carbocycles. The number of rotatable bonds is 4. The van der Waals surface area contributed by atoms with Crippen LogP contribution in [0.15, 0.2) is 30.6 Å². The molecule has 2 aromatic heterocycles. The minimum absolute atomic E-state index is 0.0319. The summed E-state index contributed by atoms with van der Waals surface area (Å²) in [6, 6.07) is 5.36. The van der Waals surface area contributed by atoms with Crippen molar-refractivity contribution >= 4 is 40.1 Å². The molecule has 5 nitrogen and oxygen atoms in total. The number of hydrogen-bond donors (Lipinski definition) is 2. The van der Waals surface area contributed by atoms with E-state index in [1.54, 1.807) is 18.5 Å². The first kappa shape index (κ1) is 14.8. The van der Waals surface area contributed by atoms with Crippen molar-refractivity contribution in [2.45, 2.75) is 12.8 Å². The molecule has 0 unspecified atom stereocenters. The molecule has 7 heteroatoms. The average Bonchev–Trinajstić information content (AvgIpc) is 3.03. The maximum atomic E-state index is 10.9. The van der Waals surface area contributed by atoms with E-state index in [4.69, 9.17) is 28.3 Å². The molecule has 0 spiro atoms. The largest absolute Gasteiger partial charge is 0.481 e. The molecular formula is C15H11Cl2N3O2. The first-order valence-electron chi connectivity index (χ1n) is 6.55. The lowest BCUT2D eigenvalue weighted by Crippen LogP contribution is -2.00. The van der Waals surface area contributed by atoms with Crippen LogP contribution in [0.5, 0.6) is 0 Å². The standard InChI is InChI=1S/C15H11Cl2N3O2/c16-11-3-2-10-8(1-4-13(21)22)5-12(9-6-18-19-7-9)20-15(10)14(11)17/h2-3,5-7H,1,4H2,(H,18,19)(H,21,22). The number of aryl methyl sites for hydroxylation is 1.